The average molecular weight is 1090 g/mol. The number of unbranched alkanes of at least 4 members (excludes halogenated alkanes) is 28. The molecule has 0 saturated heterocycles. The topological polar surface area (TPSA) is 82.1 Å². The third-order valence-electron chi connectivity index (χ3n) is 21.7. The standard InChI is InChI=1S/C71H135N3O4/c1-8-12-16-20-24-28-32-36-52-73(53-37-33-29-25-21-17-13-9-2)56-40-42-68(77)78-62-47-49-70(6)61(58-62)59-66(75)69-64-45-44-63(71(64,7)50-48-65(69)70)60(5)43-46-67(76)72-51-41-57-74(54-38-34-30-26-22-18-14-10-3)55-39-35-31-27-23-19-15-11-4/h60-66,69,75H,8-59H2,1-7H3,(H,72,76)/t60-,61+,62-,63-,64+,65+,66+,69+,70+,71-/m1/s1. The number of carbonyl (C=O) groups is 2. The molecule has 0 aromatic rings. The van der Waals surface area contributed by atoms with Crippen molar-refractivity contribution in [1.29, 1.82) is 0 Å². The zero-order valence-electron chi connectivity index (χ0n) is 53.5. The van der Waals surface area contributed by atoms with Crippen LogP contribution in [-0.4, -0.2) is 84.8 Å². The molecule has 4 fully saturated rings. The van der Waals surface area contributed by atoms with Gasteiger partial charge in [0.1, 0.15) is 6.10 Å². The SMILES string of the molecule is CCCCCCCCCCN(CCCCCCCCCC)CCCNC(=O)CC[C@@H](C)[C@H]1CC[C@H]2[C@@H]3[C@@H](O)C[C@@H]4C[C@H](OC(=O)CCCN(CCCCCCCCCC)CCCCCCCCCC)CC[C@]4(C)[C@H]3CC[C@]12C. The van der Waals surface area contributed by atoms with Crippen molar-refractivity contribution in [1.82, 2.24) is 15.1 Å². The van der Waals surface area contributed by atoms with E-state index in [9.17, 15) is 14.7 Å². The van der Waals surface area contributed by atoms with Crippen molar-refractivity contribution in [3.63, 3.8) is 0 Å². The van der Waals surface area contributed by atoms with E-state index in [0.717, 1.165) is 64.6 Å². The number of aliphatic hydroxyl groups excluding tert-OH is 1. The van der Waals surface area contributed by atoms with Crippen LogP contribution < -0.4 is 5.32 Å². The van der Waals surface area contributed by atoms with E-state index in [-0.39, 0.29) is 34.9 Å². The molecule has 4 aliphatic rings. The summed E-state index contributed by atoms with van der Waals surface area (Å²) in [5.41, 5.74) is 0.443. The molecule has 4 saturated carbocycles. The van der Waals surface area contributed by atoms with E-state index in [0.29, 0.717) is 48.3 Å². The van der Waals surface area contributed by atoms with Crippen LogP contribution in [0.5, 0.6) is 0 Å². The summed E-state index contributed by atoms with van der Waals surface area (Å²) in [6.45, 7) is 24.5. The molecule has 0 bridgehead atoms. The van der Waals surface area contributed by atoms with Crippen LogP contribution in [-0.2, 0) is 14.3 Å². The molecule has 78 heavy (non-hydrogen) atoms. The normalized spacial score (nSPS) is 26.3. The molecule has 0 spiro atoms. The van der Waals surface area contributed by atoms with E-state index >= 15 is 0 Å². The molecule has 4 aliphatic carbocycles. The number of amides is 1. The molecule has 7 heteroatoms. The van der Waals surface area contributed by atoms with Gasteiger partial charge in [-0.25, -0.2) is 0 Å². The molecule has 0 unspecified atom stereocenters. The summed E-state index contributed by atoms with van der Waals surface area (Å²) in [5, 5.41) is 15.5. The van der Waals surface area contributed by atoms with Crippen molar-refractivity contribution in [2.24, 2.45) is 46.3 Å². The van der Waals surface area contributed by atoms with Gasteiger partial charge in [-0.1, -0.05) is 228 Å². The summed E-state index contributed by atoms with van der Waals surface area (Å²) in [6.07, 6.45) is 56.2. The van der Waals surface area contributed by atoms with Crippen molar-refractivity contribution in [3.8, 4) is 0 Å². The molecule has 0 aromatic heterocycles. The Morgan fingerprint density at radius 3 is 1.38 bits per heavy atom. The van der Waals surface area contributed by atoms with Gasteiger partial charge in [0.25, 0.3) is 0 Å². The number of aliphatic hydroxyl groups is 1. The highest BCUT2D eigenvalue weighted by Crippen LogP contribution is 2.68. The van der Waals surface area contributed by atoms with Gasteiger partial charge in [-0.3, -0.25) is 9.59 Å². The monoisotopic (exact) mass is 1090 g/mol. The molecule has 2 N–H and O–H groups in total. The summed E-state index contributed by atoms with van der Waals surface area (Å²) in [5.74, 6) is 3.27. The molecule has 0 heterocycles. The fraction of sp³-hybridized carbons (Fsp3) is 0.972. The first kappa shape index (κ1) is 69.3. The Kier molecular flexibility index (Phi) is 37.1. The minimum absolute atomic E-state index is 0.00313. The average Bonchev–Trinajstić information content (AvgIpc) is 3.63. The minimum atomic E-state index is -0.267. The van der Waals surface area contributed by atoms with Crippen molar-refractivity contribution in [2.75, 3.05) is 45.8 Å². The van der Waals surface area contributed by atoms with Gasteiger partial charge in [0.15, 0.2) is 0 Å². The first-order valence-electron chi connectivity index (χ1n) is 35.6. The lowest BCUT2D eigenvalue weighted by Crippen LogP contribution is -2.58. The maximum atomic E-state index is 13.5. The van der Waals surface area contributed by atoms with E-state index in [4.69, 9.17) is 4.74 Å². The number of nitrogens with one attached hydrogen (secondary N) is 1. The molecule has 0 aromatic carbocycles. The van der Waals surface area contributed by atoms with Crippen molar-refractivity contribution in [2.45, 2.75) is 350 Å². The number of fused-ring (bicyclic) bond motifs is 5. The second-order valence-corrected chi connectivity index (χ2v) is 27.8. The predicted octanol–water partition coefficient (Wildman–Crippen LogP) is 19.4. The first-order valence-corrected chi connectivity index (χ1v) is 35.6. The Labute approximate surface area is 486 Å². The van der Waals surface area contributed by atoms with Gasteiger partial charge in [-0.2, -0.15) is 0 Å². The molecule has 7 nitrogen and oxygen atoms in total. The van der Waals surface area contributed by atoms with Crippen LogP contribution in [0.1, 0.15) is 337 Å². The van der Waals surface area contributed by atoms with Crippen molar-refractivity contribution >= 4 is 11.9 Å². The molecule has 0 aliphatic heterocycles. The number of esters is 1. The Balaban J connectivity index is 1.17. The Morgan fingerprint density at radius 2 is 0.910 bits per heavy atom. The Morgan fingerprint density at radius 1 is 0.500 bits per heavy atom. The molecular weight excluding hydrogens is 959 g/mol. The lowest BCUT2D eigenvalue weighted by molar-refractivity contribution is -0.183. The van der Waals surface area contributed by atoms with Crippen molar-refractivity contribution < 1.29 is 19.4 Å². The highest BCUT2D eigenvalue weighted by Gasteiger charge is 2.63. The lowest BCUT2D eigenvalue weighted by Gasteiger charge is -2.62. The van der Waals surface area contributed by atoms with E-state index in [1.54, 1.807) is 0 Å². The second kappa shape index (κ2) is 41.8. The highest BCUT2D eigenvalue weighted by atomic mass is 16.5. The molecule has 4 rings (SSSR count). The molecule has 0 radical (unpaired) electrons. The van der Waals surface area contributed by atoms with Gasteiger partial charge in [0.2, 0.25) is 5.91 Å². The third kappa shape index (κ3) is 25.8. The molecule has 1 amide bonds. The number of hydrogen-bond donors (Lipinski definition) is 2. The smallest absolute Gasteiger partial charge is 0.306 e. The summed E-state index contributed by atoms with van der Waals surface area (Å²) >= 11 is 0. The number of carbonyl (C=O) groups excluding carboxylic acids is 2. The zero-order valence-corrected chi connectivity index (χ0v) is 53.5. The van der Waals surface area contributed by atoms with Gasteiger partial charge in [-0.05, 0) is 182 Å². The number of ether oxygens (including phenoxy) is 1. The van der Waals surface area contributed by atoms with Gasteiger partial charge >= 0.3 is 5.97 Å². The van der Waals surface area contributed by atoms with E-state index in [1.165, 1.54) is 257 Å². The molecular formula is C71H135N3O4. The van der Waals surface area contributed by atoms with Crippen LogP contribution in [0.3, 0.4) is 0 Å². The number of rotatable bonds is 49. The summed E-state index contributed by atoms with van der Waals surface area (Å²) in [6, 6.07) is 0. The van der Waals surface area contributed by atoms with E-state index < -0.39 is 0 Å². The fourth-order valence-electron chi connectivity index (χ4n) is 16.7. The van der Waals surface area contributed by atoms with Crippen molar-refractivity contribution in [3.05, 3.63) is 0 Å². The number of nitrogens with zero attached hydrogens (tertiary/aromatic N) is 2. The highest BCUT2D eigenvalue weighted by molar-refractivity contribution is 5.75. The Bertz CT molecular complexity index is 1450. The Hall–Kier alpha value is -1.18. The first-order chi connectivity index (χ1) is 38.0. The molecule has 458 valence electrons. The van der Waals surface area contributed by atoms with Crippen LogP contribution in [0.2, 0.25) is 0 Å². The quantitative estimate of drug-likeness (QED) is 0.0467. The van der Waals surface area contributed by atoms with Gasteiger partial charge in [0, 0.05) is 19.4 Å². The maximum Gasteiger partial charge on any atom is 0.306 e. The summed E-state index contributed by atoms with van der Waals surface area (Å²) in [4.78, 5) is 32.2. The summed E-state index contributed by atoms with van der Waals surface area (Å²) < 4.78 is 6.34. The fourth-order valence-corrected chi connectivity index (χ4v) is 16.7. The molecule has 10 atom stereocenters. The van der Waals surface area contributed by atoms with Gasteiger partial charge < -0.3 is 25.0 Å². The van der Waals surface area contributed by atoms with Crippen LogP contribution in [0.15, 0.2) is 0 Å². The third-order valence-corrected chi connectivity index (χ3v) is 21.7. The van der Waals surface area contributed by atoms with Gasteiger partial charge in [0.05, 0.1) is 6.10 Å². The van der Waals surface area contributed by atoms with Crippen LogP contribution in [0.4, 0.5) is 0 Å². The van der Waals surface area contributed by atoms with Crippen LogP contribution in [0.25, 0.3) is 0 Å². The summed E-state index contributed by atoms with van der Waals surface area (Å²) in [7, 11) is 0. The van der Waals surface area contributed by atoms with Crippen LogP contribution >= 0.6 is 0 Å². The lowest BCUT2D eigenvalue weighted by atomic mass is 9.43. The number of hydrogen-bond acceptors (Lipinski definition) is 6. The predicted molar refractivity (Wildman–Crippen MR) is 335 cm³/mol. The minimum Gasteiger partial charge on any atom is -0.462 e. The van der Waals surface area contributed by atoms with E-state index in [2.05, 4.69) is 63.6 Å². The van der Waals surface area contributed by atoms with E-state index in [1.807, 2.05) is 0 Å². The largest absolute Gasteiger partial charge is 0.462 e. The maximum absolute atomic E-state index is 13.5. The second-order valence-electron chi connectivity index (χ2n) is 27.8. The zero-order chi connectivity index (χ0) is 56.1. The van der Waals surface area contributed by atoms with Crippen LogP contribution in [0, 0.1) is 46.3 Å². The van der Waals surface area contributed by atoms with Gasteiger partial charge in [-0.15, -0.1) is 0 Å².